The summed E-state index contributed by atoms with van der Waals surface area (Å²) in [6.07, 6.45) is 5.53. The Kier molecular flexibility index (Phi) is 2.91. The van der Waals surface area contributed by atoms with Crippen molar-refractivity contribution >= 4 is 11.3 Å². The molecule has 0 saturated carbocycles. The minimum Gasteiger partial charge on any atom is -0.396 e. The van der Waals surface area contributed by atoms with Crippen molar-refractivity contribution in [1.82, 2.24) is 19.5 Å². The zero-order valence-corrected chi connectivity index (χ0v) is 10.7. The zero-order chi connectivity index (χ0) is 12.5. The van der Waals surface area contributed by atoms with Crippen LogP contribution in [0.4, 0.5) is 5.69 Å². The van der Waals surface area contributed by atoms with Crippen LogP contribution in [0.25, 0.3) is 5.65 Å². The van der Waals surface area contributed by atoms with Crippen molar-refractivity contribution in [3.8, 4) is 0 Å². The fraction of sp³-hybridized carbons (Fsp3) is 0.538. The van der Waals surface area contributed by atoms with Gasteiger partial charge in [0.15, 0.2) is 5.65 Å². The van der Waals surface area contributed by atoms with Crippen molar-refractivity contribution in [3.05, 3.63) is 24.2 Å². The standard InChI is InChI=1S/C13H19N5/c1-17-6-2-4-10(9-17)8-12-15-16-13-11(14)5-3-7-18(12)13/h3,5,7,10H,2,4,6,8-9,14H2,1H3. The van der Waals surface area contributed by atoms with Crippen LogP contribution in [0.1, 0.15) is 18.7 Å². The number of rotatable bonds is 2. The molecule has 1 atom stereocenters. The van der Waals surface area contributed by atoms with E-state index in [2.05, 4.69) is 22.1 Å². The number of nitrogens with zero attached hydrogens (tertiary/aromatic N) is 4. The average Bonchev–Trinajstić information content (AvgIpc) is 2.74. The Morgan fingerprint density at radius 3 is 3.17 bits per heavy atom. The summed E-state index contributed by atoms with van der Waals surface area (Å²) in [6, 6.07) is 3.81. The fourth-order valence-electron chi connectivity index (χ4n) is 2.82. The number of nitrogens with two attached hydrogens (primary N) is 1. The molecule has 2 aromatic heterocycles. The van der Waals surface area contributed by atoms with Gasteiger partial charge in [0.05, 0.1) is 5.69 Å². The van der Waals surface area contributed by atoms with Gasteiger partial charge in [-0.05, 0) is 44.5 Å². The first kappa shape index (κ1) is 11.5. The highest BCUT2D eigenvalue weighted by Gasteiger charge is 2.20. The van der Waals surface area contributed by atoms with Gasteiger partial charge in [0.25, 0.3) is 0 Å². The summed E-state index contributed by atoms with van der Waals surface area (Å²) in [5.41, 5.74) is 7.36. The largest absolute Gasteiger partial charge is 0.396 e. The van der Waals surface area contributed by atoms with Crippen LogP contribution < -0.4 is 5.73 Å². The summed E-state index contributed by atoms with van der Waals surface area (Å²) >= 11 is 0. The number of hydrogen-bond donors (Lipinski definition) is 1. The van der Waals surface area contributed by atoms with Gasteiger partial charge < -0.3 is 10.6 Å². The molecule has 0 spiro atoms. The Morgan fingerprint density at radius 2 is 2.33 bits per heavy atom. The molecule has 1 aliphatic rings. The molecule has 3 heterocycles. The van der Waals surface area contributed by atoms with Crippen molar-refractivity contribution in [2.75, 3.05) is 25.9 Å². The highest BCUT2D eigenvalue weighted by atomic mass is 15.3. The number of likely N-dealkylation sites (tertiary alicyclic amines) is 1. The van der Waals surface area contributed by atoms with Crippen LogP contribution in [-0.4, -0.2) is 39.6 Å². The van der Waals surface area contributed by atoms with Crippen molar-refractivity contribution in [3.63, 3.8) is 0 Å². The second kappa shape index (κ2) is 4.57. The van der Waals surface area contributed by atoms with E-state index in [9.17, 15) is 0 Å². The first-order valence-corrected chi connectivity index (χ1v) is 6.50. The van der Waals surface area contributed by atoms with Gasteiger partial charge in [-0.25, -0.2) is 0 Å². The van der Waals surface area contributed by atoms with E-state index in [1.807, 2.05) is 22.7 Å². The number of pyridine rings is 1. The highest BCUT2D eigenvalue weighted by molar-refractivity contribution is 5.63. The van der Waals surface area contributed by atoms with Gasteiger partial charge >= 0.3 is 0 Å². The summed E-state index contributed by atoms with van der Waals surface area (Å²) in [5.74, 6) is 1.70. The van der Waals surface area contributed by atoms with Gasteiger partial charge in [-0.2, -0.15) is 0 Å². The van der Waals surface area contributed by atoms with Crippen LogP contribution in [0.5, 0.6) is 0 Å². The Hall–Kier alpha value is -1.62. The van der Waals surface area contributed by atoms with E-state index in [1.165, 1.54) is 19.4 Å². The van der Waals surface area contributed by atoms with Crippen LogP contribution in [0.3, 0.4) is 0 Å². The summed E-state index contributed by atoms with van der Waals surface area (Å²) in [6.45, 7) is 2.36. The first-order valence-electron chi connectivity index (χ1n) is 6.50. The predicted molar refractivity (Wildman–Crippen MR) is 71.3 cm³/mol. The first-order chi connectivity index (χ1) is 8.74. The molecule has 1 unspecified atom stereocenters. The van der Waals surface area contributed by atoms with E-state index in [0.717, 1.165) is 24.4 Å². The smallest absolute Gasteiger partial charge is 0.183 e. The predicted octanol–water partition coefficient (Wildman–Crippen LogP) is 1.20. The van der Waals surface area contributed by atoms with Gasteiger partial charge in [0.1, 0.15) is 5.82 Å². The van der Waals surface area contributed by atoms with E-state index in [0.29, 0.717) is 11.6 Å². The molecule has 5 heteroatoms. The van der Waals surface area contributed by atoms with Crippen molar-refractivity contribution < 1.29 is 0 Å². The molecule has 96 valence electrons. The molecule has 0 bridgehead atoms. The molecule has 1 fully saturated rings. The van der Waals surface area contributed by atoms with Crippen molar-refractivity contribution in [2.45, 2.75) is 19.3 Å². The van der Waals surface area contributed by atoms with Crippen molar-refractivity contribution in [2.24, 2.45) is 5.92 Å². The number of hydrogen-bond acceptors (Lipinski definition) is 4. The molecule has 0 aromatic carbocycles. The maximum atomic E-state index is 5.89. The van der Waals surface area contributed by atoms with E-state index in [1.54, 1.807) is 0 Å². The molecule has 0 aliphatic carbocycles. The van der Waals surface area contributed by atoms with Gasteiger partial charge in [0.2, 0.25) is 0 Å². The molecule has 1 saturated heterocycles. The van der Waals surface area contributed by atoms with Gasteiger partial charge in [0, 0.05) is 19.2 Å². The molecule has 0 amide bonds. The van der Waals surface area contributed by atoms with Crippen LogP contribution >= 0.6 is 0 Å². The third-order valence-corrected chi connectivity index (χ3v) is 3.73. The number of fused-ring (bicyclic) bond motifs is 1. The Morgan fingerprint density at radius 1 is 1.44 bits per heavy atom. The lowest BCUT2D eigenvalue weighted by molar-refractivity contribution is 0.207. The minimum atomic E-state index is 0.678. The van der Waals surface area contributed by atoms with Crippen LogP contribution in [-0.2, 0) is 6.42 Å². The molecule has 18 heavy (non-hydrogen) atoms. The van der Waals surface area contributed by atoms with Gasteiger partial charge in [-0.3, -0.25) is 4.40 Å². The maximum absolute atomic E-state index is 5.89. The third kappa shape index (κ3) is 2.06. The Labute approximate surface area is 107 Å². The Bertz CT molecular complexity index is 547. The summed E-state index contributed by atoms with van der Waals surface area (Å²) in [4.78, 5) is 2.39. The molecule has 5 nitrogen and oxygen atoms in total. The lowest BCUT2D eigenvalue weighted by Gasteiger charge is -2.29. The molecule has 3 rings (SSSR count). The molecule has 2 N–H and O–H groups in total. The lowest BCUT2D eigenvalue weighted by atomic mass is 9.95. The highest BCUT2D eigenvalue weighted by Crippen LogP contribution is 2.20. The fourth-order valence-corrected chi connectivity index (χ4v) is 2.82. The lowest BCUT2D eigenvalue weighted by Crippen LogP contribution is -2.33. The maximum Gasteiger partial charge on any atom is 0.183 e. The third-order valence-electron chi connectivity index (χ3n) is 3.73. The molecular weight excluding hydrogens is 226 g/mol. The number of aromatic nitrogens is 3. The molecular formula is C13H19N5. The average molecular weight is 245 g/mol. The summed E-state index contributed by atoms with van der Waals surface area (Å²) in [7, 11) is 2.19. The number of anilines is 1. The monoisotopic (exact) mass is 245 g/mol. The zero-order valence-electron chi connectivity index (χ0n) is 10.7. The van der Waals surface area contributed by atoms with Crippen molar-refractivity contribution in [1.29, 1.82) is 0 Å². The van der Waals surface area contributed by atoms with Gasteiger partial charge in [-0.15, -0.1) is 10.2 Å². The molecule has 0 radical (unpaired) electrons. The quantitative estimate of drug-likeness (QED) is 0.863. The number of piperidine rings is 1. The second-order valence-corrected chi connectivity index (χ2v) is 5.25. The topological polar surface area (TPSA) is 59.5 Å². The number of nitrogen functional groups attached to an aromatic ring is 1. The Balaban J connectivity index is 1.84. The molecule has 2 aromatic rings. The van der Waals surface area contributed by atoms with Crippen LogP contribution in [0.15, 0.2) is 18.3 Å². The minimum absolute atomic E-state index is 0.678. The van der Waals surface area contributed by atoms with E-state index < -0.39 is 0 Å². The summed E-state index contributed by atoms with van der Waals surface area (Å²) < 4.78 is 2.02. The molecule has 1 aliphatic heterocycles. The second-order valence-electron chi connectivity index (χ2n) is 5.25. The van der Waals surface area contributed by atoms with Gasteiger partial charge in [-0.1, -0.05) is 0 Å². The SMILES string of the molecule is CN1CCCC(Cc2nnc3c(N)cccn23)C1. The van der Waals surface area contributed by atoms with E-state index >= 15 is 0 Å². The van der Waals surface area contributed by atoms with Crippen LogP contribution in [0.2, 0.25) is 0 Å². The normalized spacial score (nSPS) is 21.5. The van der Waals surface area contributed by atoms with Crippen LogP contribution in [0, 0.1) is 5.92 Å². The summed E-state index contributed by atoms with van der Waals surface area (Å²) in [5, 5.41) is 8.47. The van der Waals surface area contributed by atoms with E-state index in [-0.39, 0.29) is 0 Å². The van der Waals surface area contributed by atoms with E-state index in [4.69, 9.17) is 5.73 Å².